The van der Waals surface area contributed by atoms with Crippen molar-refractivity contribution in [2.24, 2.45) is 0 Å². The van der Waals surface area contributed by atoms with Crippen molar-refractivity contribution < 1.29 is 18.0 Å². The van der Waals surface area contributed by atoms with E-state index in [4.69, 9.17) is 0 Å². The molecule has 0 bridgehead atoms. The number of rotatable bonds is 9. The molecule has 0 aliphatic carbocycles. The van der Waals surface area contributed by atoms with E-state index >= 15 is 0 Å². The summed E-state index contributed by atoms with van der Waals surface area (Å²) in [7, 11) is -3.75. The summed E-state index contributed by atoms with van der Waals surface area (Å²) in [6, 6.07) is 12.2. The Morgan fingerprint density at radius 2 is 1.45 bits per heavy atom. The van der Waals surface area contributed by atoms with Gasteiger partial charge in [0.1, 0.15) is 12.6 Å². The van der Waals surface area contributed by atoms with Crippen LogP contribution in [-0.4, -0.2) is 50.0 Å². The predicted octanol–water partition coefficient (Wildman–Crippen LogP) is 3.32. The standard InChI is InChI=1S/C25H35N3O4S/c1-17(2)26-25(30)21(6)27(15-22-14-9-8-11-18(22)3)23(29)16-28(33(7,31)32)24-19(4)12-10-13-20(24)5/h8-14,17,21H,15-16H2,1-7H3,(H,26,30)/t21-/m1/s1. The van der Waals surface area contributed by atoms with Crippen LogP contribution in [0.15, 0.2) is 42.5 Å². The van der Waals surface area contributed by atoms with Crippen molar-refractivity contribution in [3.63, 3.8) is 0 Å². The molecule has 2 rings (SSSR count). The summed E-state index contributed by atoms with van der Waals surface area (Å²) in [5, 5.41) is 2.85. The van der Waals surface area contributed by atoms with Crippen molar-refractivity contribution in [1.82, 2.24) is 10.2 Å². The fourth-order valence-corrected chi connectivity index (χ4v) is 4.70. The van der Waals surface area contributed by atoms with Gasteiger partial charge < -0.3 is 10.2 Å². The first kappa shape index (κ1) is 26.4. The quantitative estimate of drug-likeness (QED) is 0.605. The van der Waals surface area contributed by atoms with E-state index in [-0.39, 0.29) is 18.5 Å². The lowest BCUT2D eigenvalue weighted by Gasteiger charge is -2.33. The maximum atomic E-state index is 13.6. The van der Waals surface area contributed by atoms with E-state index in [1.54, 1.807) is 6.92 Å². The lowest BCUT2D eigenvalue weighted by Crippen LogP contribution is -2.52. The molecule has 0 unspecified atom stereocenters. The Labute approximate surface area is 197 Å². The van der Waals surface area contributed by atoms with Gasteiger partial charge in [-0.05, 0) is 63.8 Å². The molecular weight excluding hydrogens is 438 g/mol. The van der Waals surface area contributed by atoms with Crippen molar-refractivity contribution in [3.05, 3.63) is 64.7 Å². The Bertz CT molecular complexity index is 1090. The van der Waals surface area contributed by atoms with Crippen LogP contribution in [0.5, 0.6) is 0 Å². The number of sulfonamides is 1. The van der Waals surface area contributed by atoms with Crippen LogP contribution in [0.1, 0.15) is 43.0 Å². The van der Waals surface area contributed by atoms with Crippen molar-refractivity contribution in [2.45, 2.75) is 60.2 Å². The molecule has 1 atom stereocenters. The van der Waals surface area contributed by atoms with Crippen LogP contribution >= 0.6 is 0 Å². The Hall–Kier alpha value is -2.87. The van der Waals surface area contributed by atoms with E-state index < -0.39 is 28.5 Å². The van der Waals surface area contributed by atoms with Crippen molar-refractivity contribution >= 4 is 27.5 Å². The summed E-state index contributed by atoms with van der Waals surface area (Å²) < 4.78 is 26.6. The summed E-state index contributed by atoms with van der Waals surface area (Å²) in [5.74, 6) is -0.734. The highest BCUT2D eigenvalue weighted by Crippen LogP contribution is 2.27. The molecule has 0 fully saturated rings. The van der Waals surface area contributed by atoms with Gasteiger partial charge in [-0.1, -0.05) is 42.5 Å². The van der Waals surface area contributed by atoms with Crippen molar-refractivity contribution in [1.29, 1.82) is 0 Å². The largest absolute Gasteiger partial charge is 0.352 e. The SMILES string of the molecule is Cc1ccccc1CN(C(=O)CN(c1c(C)cccc1C)S(C)(=O)=O)[C@H](C)C(=O)NC(C)C. The number of benzene rings is 2. The van der Waals surface area contributed by atoms with Gasteiger partial charge in [0.05, 0.1) is 11.9 Å². The molecule has 0 saturated heterocycles. The third-order valence-electron chi connectivity index (χ3n) is 5.57. The van der Waals surface area contributed by atoms with Gasteiger partial charge in [0.25, 0.3) is 0 Å². The molecule has 0 aliphatic rings. The van der Waals surface area contributed by atoms with Gasteiger partial charge in [0.2, 0.25) is 21.8 Å². The number of carbonyl (C=O) groups is 2. The Morgan fingerprint density at radius 1 is 0.909 bits per heavy atom. The first-order valence-electron chi connectivity index (χ1n) is 11.0. The van der Waals surface area contributed by atoms with E-state index in [1.165, 1.54) is 4.90 Å². The first-order valence-corrected chi connectivity index (χ1v) is 12.9. The molecule has 33 heavy (non-hydrogen) atoms. The zero-order valence-corrected chi connectivity index (χ0v) is 21.4. The number of hydrogen-bond donors (Lipinski definition) is 1. The van der Waals surface area contributed by atoms with E-state index in [0.29, 0.717) is 5.69 Å². The van der Waals surface area contributed by atoms with Crippen LogP contribution in [0, 0.1) is 20.8 Å². The van der Waals surface area contributed by atoms with Crippen molar-refractivity contribution in [2.75, 3.05) is 17.1 Å². The maximum absolute atomic E-state index is 13.6. The molecule has 1 N–H and O–H groups in total. The van der Waals surface area contributed by atoms with Crippen LogP contribution in [0.2, 0.25) is 0 Å². The number of para-hydroxylation sites is 1. The van der Waals surface area contributed by atoms with Gasteiger partial charge in [-0.15, -0.1) is 0 Å². The number of hydrogen-bond acceptors (Lipinski definition) is 4. The van der Waals surface area contributed by atoms with Gasteiger partial charge in [0.15, 0.2) is 0 Å². The van der Waals surface area contributed by atoms with Crippen LogP contribution in [0.25, 0.3) is 0 Å². The zero-order chi connectivity index (χ0) is 24.9. The molecule has 0 heterocycles. The minimum absolute atomic E-state index is 0.0856. The van der Waals surface area contributed by atoms with Gasteiger partial charge in [0, 0.05) is 12.6 Å². The second kappa shape index (κ2) is 10.8. The Balaban J connectivity index is 2.47. The third kappa shape index (κ3) is 6.81. The maximum Gasteiger partial charge on any atom is 0.244 e. The van der Waals surface area contributed by atoms with Gasteiger partial charge in [-0.2, -0.15) is 0 Å². The molecule has 0 aliphatic heterocycles. The number of nitrogens with one attached hydrogen (secondary N) is 1. The summed E-state index contributed by atoms with van der Waals surface area (Å²) in [5.41, 5.74) is 3.88. The molecule has 0 radical (unpaired) electrons. The zero-order valence-electron chi connectivity index (χ0n) is 20.5. The van der Waals surface area contributed by atoms with E-state index in [1.807, 2.05) is 77.1 Å². The number of nitrogens with zero attached hydrogens (tertiary/aromatic N) is 2. The second-order valence-corrected chi connectivity index (χ2v) is 10.7. The van der Waals surface area contributed by atoms with Crippen LogP contribution in [0.3, 0.4) is 0 Å². The van der Waals surface area contributed by atoms with Gasteiger partial charge in [-0.25, -0.2) is 8.42 Å². The minimum Gasteiger partial charge on any atom is -0.352 e. The Kier molecular flexibility index (Phi) is 8.66. The van der Waals surface area contributed by atoms with Gasteiger partial charge >= 0.3 is 0 Å². The molecular formula is C25H35N3O4S. The highest BCUT2D eigenvalue weighted by molar-refractivity contribution is 7.92. The Morgan fingerprint density at radius 3 is 1.97 bits per heavy atom. The highest BCUT2D eigenvalue weighted by Gasteiger charge is 2.31. The van der Waals surface area contributed by atoms with E-state index in [0.717, 1.165) is 32.8 Å². The summed E-state index contributed by atoms with van der Waals surface area (Å²) in [4.78, 5) is 27.8. The highest BCUT2D eigenvalue weighted by atomic mass is 32.2. The number of amides is 2. The summed E-state index contributed by atoms with van der Waals surface area (Å²) in [6.07, 6.45) is 1.09. The molecule has 8 heteroatoms. The molecule has 2 aromatic rings. The smallest absolute Gasteiger partial charge is 0.244 e. The molecule has 2 aromatic carbocycles. The molecule has 180 valence electrons. The molecule has 0 saturated carbocycles. The van der Waals surface area contributed by atoms with E-state index in [9.17, 15) is 18.0 Å². The van der Waals surface area contributed by atoms with Gasteiger partial charge in [-0.3, -0.25) is 13.9 Å². The number of carbonyl (C=O) groups excluding carboxylic acids is 2. The lowest BCUT2D eigenvalue weighted by molar-refractivity contribution is -0.139. The summed E-state index contributed by atoms with van der Waals surface area (Å²) in [6.45, 7) is 10.7. The normalized spacial score (nSPS) is 12.4. The fraction of sp³-hybridized carbons (Fsp3) is 0.440. The molecule has 2 amide bonds. The predicted molar refractivity (Wildman–Crippen MR) is 133 cm³/mol. The van der Waals surface area contributed by atoms with Crippen LogP contribution < -0.4 is 9.62 Å². The third-order valence-corrected chi connectivity index (χ3v) is 6.68. The molecule has 0 aromatic heterocycles. The van der Waals surface area contributed by atoms with Crippen LogP contribution in [-0.2, 0) is 26.2 Å². The summed E-state index contributed by atoms with van der Waals surface area (Å²) >= 11 is 0. The monoisotopic (exact) mass is 473 g/mol. The number of aryl methyl sites for hydroxylation is 3. The topological polar surface area (TPSA) is 86.8 Å². The molecule has 0 spiro atoms. The first-order chi connectivity index (χ1) is 15.3. The fourth-order valence-electron chi connectivity index (χ4n) is 3.73. The van der Waals surface area contributed by atoms with E-state index in [2.05, 4.69) is 5.32 Å². The average Bonchev–Trinajstić information content (AvgIpc) is 2.70. The van der Waals surface area contributed by atoms with Crippen LogP contribution in [0.4, 0.5) is 5.69 Å². The minimum atomic E-state index is -3.75. The second-order valence-electron chi connectivity index (χ2n) is 8.80. The average molecular weight is 474 g/mol. The molecule has 7 nitrogen and oxygen atoms in total. The van der Waals surface area contributed by atoms with Crippen molar-refractivity contribution in [3.8, 4) is 0 Å². The number of anilines is 1. The lowest BCUT2D eigenvalue weighted by atomic mass is 10.1.